The Morgan fingerprint density at radius 3 is 2.76 bits per heavy atom. The van der Waals surface area contributed by atoms with E-state index in [9.17, 15) is 18.0 Å². The molecule has 0 saturated heterocycles. The number of rotatable bonds is 3. The van der Waals surface area contributed by atoms with Gasteiger partial charge in [-0.1, -0.05) is 5.16 Å². The van der Waals surface area contributed by atoms with Gasteiger partial charge in [-0.05, 0) is 12.8 Å². The van der Waals surface area contributed by atoms with E-state index in [1.807, 2.05) is 0 Å². The highest BCUT2D eigenvalue weighted by Crippen LogP contribution is 2.30. The average Bonchev–Trinajstić information content (AvgIpc) is 2.81. The second-order valence-electron chi connectivity index (χ2n) is 4.08. The summed E-state index contributed by atoms with van der Waals surface area (Å²) in [6.45, 7) is 0. The van der Waals surface area contributed by atoms with Crippen LogP contribution in [0.1, 0.15) is 43.3 Å². The Morgan fingerprint density at radius 2 is 2.18 bits per heavy atom. The molecule has 1 aliphatic carbocycles. The maximum absolute atomic E-state index is 12.0. The minimum atomic E-state index is -4.23. The lowest BCUT2D eigenvalue weighted by Gasteiger charge is -2.02. The van der Waals surface area contributed by atoms with Crippen molar-refractivity contribution in [2.75, 3.05) is 0 Å². The van der Waals surface area contributed by atoms with Crippen LogP contribution >= 0.6 is 0 Å². The SMILES string of the molecule is O=C1CCCC1c1nc(CCC(F)(F)F)no1. The molecule has 7 heteroatoms. The Labute approximate surface area is 95.2 Å². The third-order valence-corrected chi connectivity index (χ3v) is 2.72. The van der Waals surface area contributed by atoms with Crippen LogP contribution in [0.3, 0.4) is 0 Å². The van der Waals surface area contributed by atoms with Gasteiger partial charge in [0.1, 0.15) is 5.78 Å². The zero-order valence-electron chi connectivity index (χ0n) is 8.96. The zero-order chi connectivity index (χ0) is 12.5. The van der Waals surface area contributed by atoms with Crippen LogP contribution in [-0.2, 0) is 11.2 Å². The van der Waals surface area contributed by atoms with Crippen molar-refractivity contribution in [3.8, 4) is 0 Å². The summed E-state index contributed by atoms with van der Waals surface area (Å²) in [7, 11) is 0. The molecule has 0 bridgehead atoms. The smallest absolute Gasteiger partial charge is 0.339 e. The van der Waals surface area contributed by atoms with Crippen LogP contribution in [-0.4, -0.2) is 22.1 Å². The molecule has 94 valence electrons. The monoisotopic (exact) mass is 248 g/mol. The Balaban J connectivity index is 1.98. The molecule has 2 rings (SSSR count). The number of aromatic nitrogens is 2. The summed E-state index contributed by atoms with van der Waals surface area (Å²) >= 11 is 0. The minimum absolute atomic E-state index is 0.0111. The molecule has 0 radical (unpaired) electrons. The van der Waals surface area contributed by atoms with Crippen LogP contribution in [0.15, 0.2) is 4.52 Å². The fraction of sp³-hybridized carbons (Fsp3) is 0.700. The van der Waals surface area contributed by atoms with Gasteiger partial charge in [0.05, 0.1) is 12.3 Å². The number of aryl methyl sites for hydroxylation is 1. The van der Waals surface area contributed by atoms with E-state index in [4.69, 9.17) is 4.52 Å². The van der Waals surface area contributed by atoms with Gasteiger partial charge in [0, 0.05) is 12.8 Å². The maximum atomic E-state index is 12.0. The van der Waals surface area contributed by atoms with Crippen LogP contribution < -0.4 is 0 Å². The first kappa shape index (κ1) is 12.1. The summed E-state index contributed by atoms with van der Waals surface area (Å²) < 4.78 is 40.7. The first-order valence-corrected chi connectivity index (χ1v) is 5.37. The number of halogens is 3. The molecule has 1 atom stereocenters. The topological polar surface area (TPSA) is 56.0 Å². The van der Waals surface area contributed by atoms with Crippen molar-refractivity contribution >= 4 is 5.78 Å². The fourth-order valence-corrected chi connectivity index (χ4v) is 1.84. The highest BCUT2D eigenvalue weighted by molar-refractivity contribution is 5.86. The summed E-state index contributed by atoms with van der Waals surface area (Å²) in [5.41, 5.74) is 0. The predicted octanol–water partition coefficient (Wildman–Crippen LogP) is 2.40. The molecule has 4 nitrogen and oxygen atoms in total. The molecule has 0 N–H and O–H groups in total. The zero-order valence-corrected chi connectivity index (χ0v) is 8.96. The number of carbonyl (C=O) groups is 1. The average molecular weight is 248 g/mol. The lowest BCUT2D eigenvalue weighted by atomic mass is 10.1. The van der Waals surface area contributed by atoms with E-state index in [0.29, 0.717) is 12.8 Å². The molecule has 0 amide bonds. The van der Waals surface area contributed by atoms with Crippen molar-refractivity contribution in [2.45, 2.75) is 44.2 Å². The molecule has 1 aliphatic rings. The van der Waals surface area contributed by atoms with E-state index in [1.54, 1.807) is 0 Å². The van der Waals surface area contributed by atoms with Crippen LogP contribution in [0, 0.1) is 0 Å². The number of hydrogen-bond acceptors (Lipinski definition) is 4. The maximum Gasteiger partial charge on any atom is 0.389 e. The predicted molar refractivity (Wildman–Crippen MR) is 50.3 cm³/mol. The van der Waals surface area contributed by atoms with Gasteiger partial charge in [0.15, 0.2) is 5.82 Å². The van der Waals surface area contributed by atoms with Crippen molar-refractivity contribution in [3.63, 3.8) is 0 Å². The van der Waals surface area contributed by atoms with E-state index in [-0.39, 0.29) is 23.9 Å². The largest absolute Gasteiger partial charge is 0.389 e. The first-order chi connectivity index (χ1) is 7.96. The van der Waals surface area contributed by atoms with Crippen molar-refractivity contribution in [3.05, 3.63) is 11.7 Å². The van der Waals surface area contributed by atoms with Crippen molar-refractivity contribution in [1.29, 1.82) is 0 Å². The van der Waals surface area contributed by atoms with Gasteiger partial charge in [-0.2, -0.15) is 18.2 Å². The summed E-state index contributed by atoms with van der Waals surface area (Å²) in [6.07, 6.45) is -3.64. The molecule has 0 aliphatic heterocycles. The third kappa shape index (κ3) is 3.04. The van der Waals surface area contributed by atoms with Crippen LogP contribution in [0.2, 0.25) is 0 Å². The number of ketones is 1. The summed E-state index contributed by atoms with van der Waals surface area (Å²) in [5.74, 6) is -0.222. The van der Waals surface area contributed by atoms with E-state index >= 15 is 0 Å². The molecule has 17 heavy (non-hydrogen) atoms. The van der Waals surface area contributed by atoms with Crippen molar-refractivity contribution in [2.24, 2.45) is 0 Å². The summed E-state index contributed by atoms with van der Waals surface area (Å²) in [6, 6.07) is 0. The molecule has 1 fully saturated rings. The van der Waals surface area contributed by atoms with E-state index in [1.165, 1.54) is 0 Å². The fourth-order valence-electron chi connectivity index (χ4n) is 1.84. The molecule has 1 aromatic rings. The normalized spacial score (nSPS) is 21.1. The van der Waals surface area contributed by atoms with Crippen molar-refractivity contribution in [1.82, 2.24) is 10.1 Å². The number of hydrogen-bond donors (Lipinski definition) is 0. The molecule has 0 spiro atoms. The summed E-state index contributed by atoms with van der Waals surface area (Å²) in [5, 5.41) is 3.46. The highest BCUT2D eigenvalue weighted by Gasteiger charge is 2.32. The Bertz CT molecular complexity index is 414. The van der Waals surface area contributed by atoms with Gasteiger partial charge >= 0.3 is 6.18 Å². The lowest BCUT2D eigenvalue weighted by Crippen LogP contribution is -2.09. The third-order valence-electron chi connectivity index (χ3n) is 2.72. The second kappa shape index (κ2) is 4.46. The molecule has 0 aromatic carbocycles. The number of nitrogens with zero attached hydrogens (tertiary/aromatic N) is 2. The van der Waals surface area contributed by atoms with E-state index < -0.39 is 18.5 Å². The quantitative estimate of drug-likeness (QED) is 0.824. The Morgan fingerprint density at radius 1 is 1.41 bits per heavy atom. The Kier molecular flexibility index (Phi) is 3.17. The molecular formula is C10H11F3N2O2. The highest BCUT2D eigenvalue weighted by atomic mass is 19.4. The molecule has 1 heterocycles. The van der Waals surface area contributed by atoms with Gasteiger partial charge in [-0.25, -0.2) is 0 Å². The van der Waals surface area contributed by atoms with E-state index in [0.717, 1.165) is 6.42 Å². The second-order valence-corrected chi connectivity index (χ2v) is 4.08. The van der Waals surface area contributed by atoms with Crippen molar-refractivity contribution < 1.29 is 22.5 Å². The van der Waals surface area contributed by atoms with Crippen LogP contribution in [0.25, 0.3) is 0 Å². The lowest BCUT2D eigenvalue weighted by molar-refractivity contribution is -0.134. The minimum Gasteiger partial charge on any atom is -0.339 e. The molecule has 1 unspecified atom stereocenters. The van der Waals surface area contributed by atoms with Crippen LogP contribution in [0.5, 0.6) is 0 Å². The van der Waals surface area contributed by atoms with E-state index in [2.05, 4.69) is 10.1 Å². The summed E-state index contributed by atoms with van der Waals surface area (Å²) in [4.78, 5) is 15.2. The number of Topliss-reactive ketones (excluding diaryl/α,β-unsaturated/α-hetero) is 1. The van der Waals surface area contributed by atoms with Gasteiger partial charge in [-0.15, -0.1) is 0 Å². The first-order valence-electron chi connectivity index (χ1n) is 5.37. The van der Waals surface area contributed by atoms with Gasteiger partial charge in [0.2, 0.25) is 5.89 Å². The van der Waals surface area contributed by atoms with Gasteiger partial charge in [-0.3, -0.25) is 4.79 Å². The molecule has 1 aromatic heterocycles. The van der Waals surface area contributed by atoms with Gasteiger partial charge < -0.3 is 4.52 Å². The number of alkyl halides is 3. The Hall–Kier alpha value is -1.40. The standard InChI is InChI=1S/C10H11F3N2O2/c11-10(12,13)5-4-8-14-9(17-15-8)6-2-1-3-7(6)16/h6H,1-5H2. The van der Waals surface area contributed by atoms with Crippen LogP contribution in [0.4, 0.5) is 13.2 Å². The molecule has 1 saturated carbocycles. The van der Waals surface area contributed by atoms with Gasteiger partial charge in [0.25, 0.3) is 0 Å². The molecular weight excluding hydrogens is 237 g/mol. The number of carbonyl (C=O) groups excluding carboxylic acids is 1.